The van der Waals surface area contributed by atoms with Gasteiger partial charge in [-0.05, 0) is 74.2 Å². The first-order chi connectivity index (χ1) is 14.2. The first-order valence-electron chi connectivity index (χ1n) is 11.7. The van der Waals surface area contributed by atoms with Crippen molar-refractivity contribution in [2.24, 2.45) is 34.5 Å². The summed E-state index contributed by atoms with van der Waals surface area (Å²) in [5.74, 6) is -0.453. The van der Waals surface area contributed by atoms with Gasteiger partial charge in [-0.1, -0.05) is 19.4 Å². The summed E-state index contributed by atoms with van der Waals surface area (Å²) in [5.41, 5.74) is 0.0177. The Bertz CT molecular complexity index is 851. The molecule has 8 atom stereocenters. The summed E-state index contributed by atoms with van der Waals surface area (Å²) in [6.45, 7) is 4.46. The molecule has 1 saturated heterocycles. The number of esters is 2. The van der Waals surface area contributed by atoms with Crippen molar-refractivity contribution in [1.29, 1.82) is 0 Å². The monoisotopic (exact) mass is 401 g/mol. The summed E-state index contributed by atoms with van der Waals surface area (Å²) in [6.07, 6.45) is 7.07. The number of carbonyl (C=O) groups is 3. The van der Waals surface area contributed by atoms with E-state index in [2.05, 4.69) is 13.8 Å². The summed E-state index contributed by atoms with van der Waals surface area (Å²) in [7, 11) is 1.40. The molecule has 0 aromatic rings. The van der Waals surface area contributed by atoms with E-state index >= 15 is 0 Å². The van der Waals surface area contributed by atoms with E-state index in [1.807, 2.05) is 0 Å². The standard InChI is InChI=1S/C24H32O5/c1-22-8-4-15(25)12-14(22)13-16(21(27)28-3)20-17(22)5-9-23(2)18(20)6-10-24(23)11-7-19(26)29-24/h12,16-18,20H,4-11,13H2,1-3H3/t16-,17+,18+,20-,22+,23+,24-/m1/s1/i13D/t13-,16+,17-,18-,20+,22-,23-,24+/m0. The van der Waals surface area contributed by atoms with Gasteiger partial charge in [-0.2, -0.15) is 0 Å². The zero-order valence-corrected chi connectivity index (χ0v) is 17.7. The minimum atomic E-state index is -0.752. The van der Waals surface area contributed by atoms with Crippen molar-refractivity contribution in [3.63, 3.8) is 0 Å². The summed E-state index contributed by atoms with van der Waals surface area (Å²) in [5, 5.41) is 0. The Labute approximate surface area is 174 Å². The average molecular weight is 402 g/mol. The number of carbonyl (C=O) groups excluding carboxylic acids is 3. The van der Waals surface area contributed by atoms with Gasteiger partial charge in [0.1, 0.15) is 5.60 Å². The molecule has 1 aliphatic heterocycles. The molecule has 0 amide bonds. The maximum atomic E-state index is 13.0. The number of ether oxygens (including phenoxy) is 2. The Morgan fingerprint density at radius 1 is 1.14 bits per heavy atom. The predicted molar refractivity (Wildman–Crippen MR) is 106 cm³/mol. The molecule has 0 N–H and O–H groups in total. The molecule has 5 rings (SSSR count). The molecular weight excluding hydrogens is 368 g/mol. The van der Waals surface area contributed by atoms with Crippen molar-refractivity contribution in [1.82, 2.24) is 0 Å². The van der Waals surface area contributed by atoms with Crippen molar-refractivity contribution in [3.05, 3.63) is 11.6 Å². The number of fused-ring (bicyclic) bond motifs is 6. The number of allylic oxidation sites excluding steroid dienone is 1. The Hall–Kier alpha value is -1.65. The van der Waals surface area contributed by atoms with Crippen LogP contribution in [0.2, 0.25) is 0 Å². The lowest BCUT2D eigenvalue weighted by Gasteiger charge is -2.60. The molecule has 0 radical (unpaired) electrons. The molecule has 1 heterocycles. The van der Waals surface area contributed by atoms with Gasteiger partial charge in [-0.25, -0.2) is 0 Å². The quantitative estimate of drug-likeness (QED) is 0.621. The average Bonchev–Trinajstić information content (AvgIpc) is 3.23. The third-order valence-electron chi connectivity index (χ3n) is 9.60. The van der Waals surface area contributed by atoms with Crippen LogP contribution in [0.15, 0.2) is 11.6 Å². The molecule has 158 valence electrons. The van der Waals surface area contributed by atoms with Gasteiger partial charge < -0.3 is 9.47 Å². The maximum absolute atomic E-state index is 13.0. The van der Waals surface area contributed by atoms with E-state index in [9.17, 15) is 14.4 Å². The third-order valence-corrected chi connectivity index (χ3v) is 9.60. The van der Waals surface area contributed by atoms with E-state index in [0.29, 0.717) is 12.8 Å². The zero-order chi connectivity index (χ0) is 21.5. The normalized spacial score (nSPS) is 51.5. The minimum Gasteiger partial charge on any atom is -0.469 e. The van der Waals surface area contributed by atoms with Gasteiger partial charge in [-0.3, -0.25) is 14.4 Å². The molecule has 5 aliphatic rings. The number of rotatable bonds is 1. The highest BCUT2D eigenvalue weighted by Gasteiger charge is 2.69. The SMILES string of the molecule is [2H][C@H]1C2=CC(=O)CC[C@]2(C)[C@H]2CC[C@@]3(C)[C@@H](CC[C@@]34CCC(=O)O4)[C@@H]2[C@@H]1C(=O)OC. The van der Waals surface area contributed by atoms with Crippen molar-refractivity contribution in [2.45, 2.75) is 77.2 Å². The highest BCUT2D eigenvalue weighted by Crippen LogP contribution is 2.70. The fourth-order valence-electron chi connectivity index (χ4n) is 7.98. The molecule has 1 spiro atoms. The Morgan fingerprint density at radius 2 is 1.90 bits per heavy atom. The number of ketones is 1. The summed E-state index contributed by atoms with van der Waals surface area (Å²) < 4.78 is 20.3. The fraction of sp³-hybridized carbons (Fsp3) is 0.792. The Balaban J connectivity index is 1.61. The highest BCUT2D eigenvalue weighted by molar-refractivity contribution is 5.92. The van der Waals surface area contributed by atoms with E-state index in [1.165, 1.54) is 7.11 Å². The van der Waals surface area contributed by atoms with Crippen LogP contribution in [-0.2, 0) is 23.9 Å². The first kappa shape index (κ1) is 18.1. The summed E-state index contributed by atoms with van der Waals surface area (Å²) in [4.78, 5) is 37.3. The maximum Gasteiger partial charge on any atom is 0.309 e. The number of hydrogen-bond donors (Lipinski definition) is 0. The molecule has 3 saturated carbocycles. The third kappa shape index (κ3) is 2.42. The molecule has 0 bridgehead atoms. The van der Waals surface area contributed by atoms with Gasteiger partial charge in [0.25, 0.3) is 0 Å². The molecule has 4 fully saturated rings. The van der Waals surface area contributed by atoms with Crippen LogP contribution < -0.4 is 0 Å². The van der Waals surface area contributed by atoms with Crippen molar-refractivity contribution >= 4 is 17.7 Å². The largest absolute Gasteiger partial charge is 0.469 e. The lowest BCUT2D eigenvalue weighted by Crippen LogP contribution is -2.58. The molecule has 4 aliphatic carbocycles. The minimum absolute atomic E-state index is 0.0210. The van der Waals surface area contributed by atoms with Gasteiger partial charge in [0.15, 0.2) is 5.78 Å². The zero-order valence-electron chi connectivity index (χ0n) is 18.7. The van der Waals surface area contributed by atoms with Crippen LogP contribution in [0.1, 0.15) is 73.0 Å². The van der Waals surface area contributed by atoms with Gasteiger partial charge in [-0.15, -0.1) is 0 Å². The van der Waals surface area contributed by atoms with E-state index in [4.69, 9.17) is 10.8 Å². The summed E-state index contributed by atoms with van der Waals surface area (Å²) in [6, 6.07) is 0. The Morgan fingerprint density at radius 3 is 2.59 bits per heavy atom. The van der Waals surface area contributed by atoms with Crippen molar-refractivity contribution < 1.29 is 25.2 Å². The lowest BCUT2D eigenvalue weighted by molar-refractivity contribution is -0.177. The van der Waals surface area contributed by atoms with Gasteiger partial charge in [0.05, 0.1) is 13.0 Å². The smallest absolute Gasteiger partial charge is 0.309 e. The molecule has 29 heavy (non-hydrogen) atoms. The molecular formula is C24H32O5. The first-order valence-corrected chi connectivity index (χ1v) is 11.1. The number of methoxy groups -OCH3 is 1. The molecule has 5 heteroatoms. The van der Waals surface area contributed by atoms with E-state index < -0.39 is 17.9 Å². The van der Waals surface area contributed by atoms with Crippen LogP contribution in [0.3, 0.4) is 0 Å². The van der Waals surface area contributed by atoms with Gasteiger partial charge >= 0.3 is 11.9 Å². The summed E-state index contributed by atoms with van der Waals surface area (Å²) >= 11 is 0. The van der Waals surface area contributed by atoms with E-state index in [0.717, 1.165) is 44.1 Å². The molecule has 0 aromatic heterocycles. The van der Waals surface area contributed by atoms with Gasteiger partial charge in [0, 0.05) is 19.6 Å². The topological polar surface area (TPSA) is 69.7 Å². The lowest BCUT2D eigenvalue weighted by atomic mass is 9.44. The number of hydrogen-bond acceptors (Lipinski definition) is 5. The van der Waals surface area contributed by atoms with Crippen LogP contribution in [0.5, 0.6) is 0 Å². The van der Waals surface area contributed by atoms with Crippen LogP contribution >= 0.6 is 0 Å². The van der Waals surface area contributed by atoms with Crippen molar-refractivity contribution in [2.75, 3.05) is 7.11 Å². The van der Waals surface area contributed by atoms with Crippen LogP contribution in [0.4, 0.5) is 0 Å². The second kappa shape index (κ2) is 6.18. The highest BCUT2D eigenvalue weighted by atomic mass is 16.6. The van der Waals surface area contributed by atoms with Crippen LogP contribution in [-0.4, -0.2) is 30.4 Å². The van der Waals surface area contributed by atoms with Crippen LogP contribution in [0.25, 0.3) is 0 Å². The van der Waals surface area contributed by atoms with E-state index in [1.54, 1.807) is 6.08 Å². The predicted octanol–water partition coefficient (Wildman–Crippen LogP) is 3.99. The van der Waals surface area contributed by atoms with Crippen molar-refractivity contribution in [3.8, 4) is 0 Å². The molecule has 5 nitrogen and oxygen atoms in total. The van der Waals surface area contributed by atoms with E-state index in [-0.39, 0.29) is 46.3 Å². The van der Waals surface area contributed by atoms with Gasteiger partial charge in [0.2, 0.25) is 0 Å². The fourth-order valence-corrected chi connectivity index (χ4v) is 7.98. The molecule has 0 unspecified atom stereocenters. The second-order valence-corrected chi connectivity index (χ2v) is 10.5. The Kier molecular flexibility index (Phi) is 3.87. The molecule has 0 aromatic carbocycles. The van der Waals surface area contributed by atoms with Crippen LogP contribution in [0, 0.1) is 34.5 Å². The second-order valence-electron chi connectivity index (χ2n) is 10.5.